The molecule has 0 aromatic heterocycles. The summed E-state index contributed by atoms with van der Waals surface area (Å²) in [4.78, 5) is 0. The zero-order chi connectivity index (χ0) is 15.4. The summed E-state index contributed by atoms with van der Waals surface area (Å²) >= 11 is 0. The van der Waals surface area contributed by atoms with Crippen molar-refractivity contribution in [1.82, 2.24) is 0 Å². The fourth-order valence-corrected chi connectivity index (χ4v) is 2.62. The first-order valence-corrected chi connectivity index (χ1v) is 5.89. The van der Waals surface area contributed by atoms with Crippen LogP contribution in [0.4, 0.5) is 0 Å². The molecule has 1 aliphatic heterocycles. The van der Waals surface area contributed by atoms with Crippen molar-refractivity contribution in [3.8, 4) is 0 Å². The second-order valence-electron chi connectivity index (χ2n) is 4.14. The van der Waals surface area contributed by atoms with E-state index in [0.29, 0.717) is 0 Å². The van der Waals surface area contributed by atoms with Crippen molar-refractivity contribution in [3.63, 3.8) is 0 Å². The fourth-order valence-electron chi connectivity index (χ4n) is 2.62. The van der Waals surface area contributed by atoms with Crippen LogP contribution < -0.4 is 0 Å². The minimum absolute atomic E-state index is 0. The topological polar surface area (TPSA) is 68.9 Å². The molecule has 3 rings (SSSR count). The molecule has 1 aromatic carbocycles. The molecule has 1 heterocycles. The first-order valence-electron chi connectivity index (χ1n) is 5.89. The number of benzene rings is 1. The molecule has 1 spiro atoms. The van der Waals surface area contributed by atoms with Crippen molar-refractivity contribution in [2.45, 2.75) is 24.9 Å². The van der Waals surface area contributed by atoms with E-state index in [9.17, 15) is 0 Å². The van der Waals surface area contributed by atoms with Gasteiger partial charge in [-0.15, -0.1) is 0 Å². The summed E-state index contributed by atoms with van der Waals surface area (Å²) in [5.74, 6) is 0. The van der Waals surface area contributed by atoms with E-state index in [-0.39, 0.29) is 23.0 Å². The molecule has 5 heteroatoms. The van der Waals surface area contributed by atoms with Crippen molar-refractivity contribution in [2.75, 3.05) is 6.61 Å². The predicted molar refractivity (Wildman–Crippen MR) is 67.9 cm³/mol. The van der Waals surface area contributed by atoms with E-state index >= 15 is 0 Å². The van der Waals surface area contributed by atoms with Crippen molar-refractivity contribution < 1.29 is 36.1 Å². The van der Waals surface area contributed by atoms with Crippen LogP contribution >= 0.6 is 0 Å². The summed E-state index contributed by atoms with van der Waals surface area (Å²) < 4.78 is 28.5. The molecule has 4 nitrogen and oxygen atoms in total. The first kappa shape index (κ1) is 22.0. The Hall–Kier alpha value is -1.33. The molecular formula is C16H14CrO4. The molecule has 0 amide bonds. The Morgan fingerprint density at radius 2 is 1.57 bits per heavy atom. The van der Waals surface area contributed by atoms with Crippen molar-refractivity contribution in [3.05, 3.63) is 67.5 Å². The summed E-state index contributed by atoms with van der Waals surface area (Å²) in [5.41, 5.74) is 2.91. The van der Waals surface area contributed by atoms with Gasteiger partial charge in [-0.1, -0.05) is 36.4 Å². The fraction of sp³-hybridized carbons (Fsp3) is 0.312. The van der Waals surface area contributed by atoms with Crippen molar-refractivity contribution in [1.29, 1.82) is 0 Å². The monoisotopic (exact) mass is 322 g/mol. The van der Waals surface area contributed by atoms with Crippen LogP contribution in [0.2, 0.25) is 0 Å². The Balaban J connectivity index is 0. The van der Waals surface area contributed by atoms with Gasteiger partial charge in [0, 0.05) is 17.4 Å². The quantitative estimate of drug-likeness (QED) is 0.411. The second-order valence-corrected chi connectivity index (χ2v) is 4.14. The number of fused-ring (bicyclic) bond motifs is 2. The molecule has 0 radical (unpaired) electrons. The molecule has 0 bridgehead atoms. The number of ether oxygens (including phenoxy) is 1. The van der Waals surface area contributed by atoms with Crippen LogP contribution in [0.3, 0.4) is 0 Å². The van der Waals surface area contributed by atoms with Gasteiger partial charge in [0.25, 0.3) is 0 Å². The summed E-state index contributed by atoms with van der Waals surface area (Å²) in [7, 11) is 0. The maximum absolute atomic E-state index is 7.50. The molecule has 108 valence electrons. The van der Waals surface area contributed by atoms with Gasteiger partial charge < -0.3 is 4.74 Å². The summed E-state index contributed by atoms with van der Waals surface area (Å²) in [5, 5.41) is 0. The smallest absolute Gasteiger partial charge is 0 e. The van der Waals surface area contributed by atoms with E-state index in [4.69, 9.17) is 18.7 Å². The SMILES string of the molecule is C1=CCC2(CCc3ccccc32)OC1.[C-]#[O+].[C-]#[O+].[C-]#[O+].[Cr]. The Bertz CT molecular complexity index is 490. The van der Waals surface area contributed by atoms with Gasteiger partial charge in [-0.3, -0.25) is 0 Å². The number of rotatable bonds is 0. The average molecular weight is 322 g/mol. The molecule has 0 saturated carbocycles. The first-order chi connectivity index (χ1) is 9.91. The van der Waals surface area contributed by atoms with E-state index in [2.05, 4.69) is 56.4 Å². The Morgan fingerprint density at radius 1 is 0.952 bits per heavy atom. The zero-order valence-corrected chi connectivity index (χ0v) is 12.6. The Kier molecular flexibility index (Phi) is 13.0. The van der Waals surface area contributed by atoms with Gasteiger partial charge in [0.15, 0.2) is 0 Å². The Morgan fingerprint density at radius 3 is 2.14 bits per heavy atom. The predicted octanol–water partition coefficient (Wildman–Crippen LogP) is 2.69. The van der Waals surface area contributed by atoms with Crippen LogP contribution in [0.15, 0.2) is 36.4 Å². The third-order valence-corrected chi connectivity index (χ3v) is 3.38. The van der Waals surface area contributed by atoms with Crippen LogP contribution in [0.1, 0.15) is 24.0 Å². The van der Waals surface area contributed by atoms with E-state index in [1.165, 1.54) is 17.5 Å². The van der Waals surface area contributed by atoms with Crippen LogP contribution in [0.5, 0.6) is 0 Å². The van der Waals surface area contributed by atoms with E-state index in [1.807, 2.05) is 0 Å². The van der Waals surface area contributed by atoms with Gasteiger partial charge >= 0.3 is 33.9 Å². The van der Waals surface area contributed by atoms with Gasteiger partial charge in [0.1, 0.15) is 0 Å². The molecule has 1 unspecified atom stereocenters. The summed E-state index contributed by atoms with van der Waals surface area (Å²) in [6, 6.07) is 8.69. The standard InChI is InChI=1S/C13H14O.3CO.Cr/c1-2-6-12-11(5-1)7-9-13(12)8-3-4-10-14-13;3*1-2;/h1-6H,7-10H2;;;;. The maximum atomic E-state index is 7.50. The third kappa shape index (κ3) is 5.17. The minimum atomic E-state index is 0. The van der Waals surface area contributed by atoms with Crippen LogP contribution in [0.25, 0.3) is 0 Å². The zero-order valence-electron chi connectivity index (χ0n) is 11.3. The maximum Gasteiger partial charge on any atom is 0 e. The van der Waals surface area contributed by atoms with Crippen LogP contribution in [-0.4, -0.2) is 6.61 Å². The van der Waals surface area contributed by atoms with Crippen LogP contribution in [-0.2, 0) is 48.1 Å². The third-order valence-electron chi connectivity index (χ3n) is 3.38. The van der Waals surface area contributed by atoms with Crippen molar-refractivity contribution >= 4 is 0 Å². The van der Waals surface area contributed by atoms with Crippen LogP contribution in [0, 0.1) is 20.0 Å². The van der Waals surface area contributed by atoms with Gasteiger partial charge in [0.05, 0.1) is 12.2 Å². The molecule has 1 aromatic rings. The molecule has 1 atom stereocenters. The van der Waals surface area contributed by atoms with Crippen molar-refractivity contribution in [2.24, 2.45) is 0 Å². The molecular weight excluding hydrogens is 308 g/mol. The number of aryl methyl sites for hydroxylation is 1. The minimum Gasteiger partial charge on any atom is 0 e. The van der Waals surface area contributed by atoms with E-state index in [0.717, 1.165) is 19.4 Å². The van der Waals surface area contributed by atoms with Gasteiger partial charge in [0.2, 0.25) is 0 Å². The average Bonchev–Trinajstić information content (AvgIpc) is 2.93. The Labute approximate surface area is 135 Å². The largest absolute Gasteiger partial charge is 0 e. The molecule has 21 heavy (non-hydrogen) atoms. The van der Waals surface area contributed by atoms with E-state index in [1.54, 1.807) is 0 Å². The van der Waals surface area contributed by atoms with Gasteiger partial charge in [-0.05, 0) is 30.4 Å². The number of hydrogen-bond donors (Lipinski definition) is 0. The second kappa shape index (κ2) is 12.4. The summed E-state index contributed by atoms with van der Waals surface area (Å²) in [6.07, 6.45) is 7.74. The number of hydrogen-bond acceptors (Lipinski definition) is 1. The molecule has 2 aliphatic rings. The van der Waals surface area contributed by atoms with Gasteiger partial charge in [-0.25, -0.2) is 0 Å². The van der Waals surface area contributed by atoms with Gasteiger partial charge in [-0.2, -0.15) is 0 Å². The molecule has 0 N–H and O–H groups in total. The molecule has 0 fully saturated rings. The normalized spacial score (nSPS) is 19.9. The molecule has 1 aliphatic carbocycles. The molecule has 0 saturated heterocycles. The van der Waals surface area contributed by atoms with E-state index < -0.39 is 0 Å². The summed E-state index contributed by atoms with van der Waals surface area (Å²) in [6.45, 7) is 14.3.